The number of rotatable bonds is 8. The van der Waals surface area contributed by atoms with Gasteiger partial charge in [0.1, 0.15) is 40.5 Å². The zero-order valence-electron chi connectivity index (χ0n) is 18.3. The fraction of sp³-hybridized carbons (Fsp3) is 0.467. The van der Waals surface area contributed by atoms with Crippen LogP contribution in [0.5, 0.6) is 0 Å². The lowest BCUT2D eigenvalue weighted by molar-refractivity contribution is -0.141. The number of halogens is 4. The summed E-state index contributed by atoms with van der Waals surface area (Å²) in [6, 6.07) is 0.926. The number of hydrogen-bond acceptors (Lipinski definition) is 11. The molecule has 7 N–H and O–H groups in total. The van der Waals surface area contributed by atoms with Crippen LogP contribution in [0.1, 0.15) is 22.9 Å². The van der Waals surface area contributed by atoms with E-state index in [-0.39, 0.29) is 10.2 Å². The third-order valence-corrected chi connectivity index (χ3v) is 9.09. The molecule has 1 saturated heterocycles. The summed E-state index contributed by atoms with van der Waals surface area (Å²) in [6.45, 7) is -0.290. The number of alkyl halides is 3. The fourth-order valence-electron chi connectivity index (χ4n) is 3.40. The van der Waals surface area contributed by atoms with Gasteiger partial charge >= 0.3 is 29.6 Å². The Kier molecular flexibility index (Phi) is 8.77. The number of phosphoric acid groups is 3. The normalized spacial score (nSPS) is 25.9. The van der Waals surface area contributed by atoms with Gasteiger partial charge in [-0.2, -0.15) is 21.8 Å². The van der Waals surface area contributed by atoms with Crippen LogP contribution >= 0.6 is 35.7 Å². The fourth-order valence-corrected chi connectivity index (χ4v) is 6.70. The molecule has 1 aliphatic heterocycles. The van der Waals surface area contributed by atoms with Crippen molar-refractivity contribution < 1.29 is 78.9 Å². The van der Waals surface area contributed by atoms with Crippen molar-refractivity contribution >= 4 is 46.7 Å². The van der Waals surface area contributed by atoms with Gasteiger partial charge in [-0.15, -0.1) is 0 Å². The number of ether oxygens (including phenoxy) is 1. The van der Waals surface area contributed by atoms with Crippen LogP contribution < -0.4 is 0 Å². The first-order valence-electron chi connectivity index (χ1n) is 9.72. The van der Waals surface area contributed by atoms with E-state index >= 15 is 0 Å². The SMILES string of the molecule is Cc1c(C(F)(F)F)nc2[nH]c(=S)c([C@@H]3O[C@H](COP(=O)(O)OP(=O)(O)OP(=O)(O)O)[C@H](O)C3O)cc2c1F. The Morgan fingerprint density at radius 1 is 1.11 bits per heavy atom. The van der Waals surface area contributed by atoms with E-state index < -0.39 is 88.8 Å². The summed E-state index contributed by atoms with van der Waals surface area (Å²) in [5, 5.41) is 20.2. The maximum absolute atomic E-state index is 14.8. The first-order valence-corrected chi connectivity index (χ1v) is 14.6. The van der Waals surface area contributed by atoms with E-state index in [9.17, 15) is 46.4 Å². The second-order valence-electron chi connectivity index (χ2n) is 7.68. The molecule has 0 aromatic carbocycles. The Hall–Kier alpha value is -1.21. The molecule has 3 rings (SSSR count). The van der Waals surface area contributed by atoms with Crippen LogP contribution in [-0.4, -0.2) is 64.7 Å². The third-order valence-electron chi connectivity index (χ3n) is 4.95. The topological polar surface area (TPSA) is 238 Å². The lowest BCUT2D eigenvalue weighted by atomic mass is 10.0. The molecule has 0 radical (unpaired) electrons. The molecule has 0 saturated carbocycles. The number of fused-ring (bicyclic) bond motifs is 1. The van der Waals surface area contributed by atoms with Crippen LogP contribution in [0.4, 0.5) is 17.6 Å². The largest absolute Gasteiger partial charge is 0.490 e. The molecule has 1 fully saturated rings. The molecule has 38 heavy (non-hydrogen) atoms. The van der Waals surface area contributed by atoms with Crippen molar-refractivity contribution in [2.75, 3.05) is 6.61 Å². The zero-order valence-corrected chi connectivity index (χ0v) is 21.8. The number of aromatic nitrogens is 2. The Labute approximate surface area is 213 Å². The van der Waals surface area contributed by atoms with E-state index in [0.717, 1.165) is 13.0 Å². The molecular weight excluding hydrogens is 617 g/mol. The van der Waals surface area contributed by atoms with Crippen LogP contribution in [0.2, 0.25) is 0 Å². The van der Waals surface area contributed by atoms with Crippen molar-refractivity contribution in [2.24, 2.45) is 0 Å². The highest BCUT2D eigenvalue weighted by molar-refractivity contribution is 7.71. The number of aliphatic hydroxyl groups excluding tert-OH is 2. The number of hydrogen-bond donors (Lipinski definition) is 7. The van der Waals surface area contributed by atoms with Crippen molar-refractivity contribution in [3.8, 4) is 0 Å². The van der Waals surface area contributed by atoms with E-state index in [1.54, 1.807) is 0 Å². The Balaban J connectivity index is 1.84. The summed E-state index contributed by atoms with van der Waals surface area (Å²) in [4.78, 5) is 41.4. The van der Waals surface area contributed by atoms with Gasteiger partial charge in [0.05, 0.1) is 12.0 Å². The van der Waals surface area contributed by atoms with Gasteiger partial charge in [-0.25, -0.2) is 23.1 Å². The molecule has 15 nitrogen and oxygen atoms in total. The maximum Gasteiger partial charge on any atom is 0.490 e. The molecule has 6 atom stereocenters. The third kappa shape index (κ3) is 7.10. The quantitative estimate of drug-likeness (QED) is 0.125. The molecule has 2 aromatic rings. The number of aromatic amines is 1. The number of aliphatic hydroxyl groups is 2. The minimum atomic E-state index is -5.82. The Morgan fingerprint density at radius 3 is 2.26 bits per heavy atom. The van der Waals surface area contributed by atoms with Gasteiger partial charge in [-0.3, -0.25) is 4.52 Å². The van der Waals surface area contributed by atoms with E-state index in [1.165, 1.54) is 0 Å². The molecular formula is C15H17F4N2O13P3S. The minimum absolute atomic E-state index is 0.222. The second-order valence-corrected chi connectivity index (χ2v) is 12.5. The molecule has 2 aromatic heterocycles. The first-order chi connectivity index (χ1) is 17.1. The van der Waals surface area contributed by atoms with Crippen LogP contribution in [0.15, 0.2) is 6.07 Å². The van der Waals surface area contributed by atoms with Gasteiger partial charge in [0.15, 0.2) is 5.69 Å². The van der Waals surface area contributed by atoms with Crippen LogP contribution in [0, 0.1) is 17.4 Å². The number of nitrogens with one attached hydrogen (secondary N) is 1. The number of nitrogens with zero attached hydrogens (tertiary/aromatic N) is 1. The number of pyridine rings is 2. The lowest BCUT2D eigenvalue weighted by Gasteiger charge is -2.19. The van der Waals surface area contributed by atoms with Crippen LogP contribution in [0.3, 0.4) is 0 Å². The van der Waals surface area contributed by atoms with E-state index in [1.807, 2.05) is 0 Å². The van der Waals surface area contributed by atoms with Crippen molar-refractivity contribution in [1.82, 2.24) is 9.97 Å². The highest BCUT2D eigenvalue weighted by Gasteiger charge is 2.47. The monoisotopic (exact) mass is 634 g/mol. The van der Waals surface area contributed by atoms with Crippen molar-refractivity contribution in [3.63, 3.8) is 0 Å². The minimum Gasteiger partial charge on any atom is -0.387 e. The smallest absolute Gasteiger partial charge is 0.387 e. The predicted octanol–water partition coefficient (Wildman–Crippen LogP) is 2.26. The summed E-state index contributed by atoms with van der Waals surface area (Å²) in [6.07, 6.45) is -12.0. The van der Waals surface area contributed by atoms with Gasteiger partial charge in [-0.1, -0.05) is 12.2 Å². The summed E-state index contributed by atoms with van der Waals surface area (Å²) in [5.74, 6) is -1.31. The molecule has 3 heterocycles. The number of phosphoric ester groups is 1. The van der Waals surface area contributed by atoms with Crippen molar-refractivity contribution in [3.05, 3.63) is 33.3 Å². The maximum atomic E-state index is 14.8. The van der Waals surface area contributed by atoms with E-state index in [0.29, 0.717) is 0 Å². The molecule has 214 valence electrons. The zero-order chi connectivity index (χ0) is 29.0. The number of H-pyrrole nitrogens is 1. The molecule has 3 unspecified atom stereocenters. The molecule has 0 amide bonds. The van der Waals surface area contributed by atoms with Gasteiger partial charge in [-0.05, 0) is 13.0 Å². The molecule has 0 bridgehead atoms. The first kappa shape index (κ1) is 31.3. The van der Waals surface area contributed by atoms with Gasteiger partial charge < -0.3 is 39.5 Å². The van der Waals surface area contributed by atoms with Gasteiger partial charge in [0.25, 0.3) is 0 Å². The molecule has 0 spiro atoms. The van der Waals surface area contributed by atoms with Gasteiger partial charge in [0, 0.05) is 11.1 Å². The molecule has 0 aliphatic carbocycles. The highest BCUT2D eigenvalue weighted by Crippen LogP contribution is 2.66. The highest BCUT2D eigenvalue weighted by atomic mass is 32.1. The van der Waals surface area contributed by atoms with Crippen LogP contribution in [0.25, 0.3) is 11.0 Å². The Bertz CT molecular complexity index is 1450. The van der Waals surface area contributed by atoms with Crippen LogP contribution in [-0.2, 0) is 37.8 Å². The Morgan fingerprint density at radius 2 is 1.71 bits per heavy atom. The molecule has 1 aliphatic rings. The van der Waals surface area contributed by atoms with Crippen molar-refractivity contribution in [1.29, 1.82) is 0 Å². The molecule has 23 heteroatoms. The standard InChI is InChI=1S/C15H17F4N2O13P3S/c1-4-8(16)5-2-6(14(38)21-13(5)20-12(4)15(17,18)19)11-10(23)9(22)7(32-11)3-31-36(27,28)34-37(29,30)33-35(24,25)26/h2,7,9-11,22-23H,3H2,1H3,(H,27,28)(H,29,30)(H,20,21,38)(H2,24,25,26)/t7-,9+,10?,11+/m1/s1. The summed E-state index contributed by atoms with van der Waals surface area (Å²) >= 11 is 5.04. The summed E-state index contributed by atoms with van der Waals surface area (Å²) < 4.78 is 105. The van der Waals surface area contributed by atoms with Crippen molar-refractivity contribution in [2.45, 2.75) is 37.5 Å². The summed E-state index contributed by atoms with van der Waals surface area (Å²) in [5.41, 5.74) is -3.13. The van der Waals surface area contributed by atoms with E-state index in [4.69, 9.17) is 31.6 Å². The predicted molar refractivity (Wildman–Crippen MR) is 116 cm³/mol. The lowest BCUT2D eigenvalue weighted by Crippen LogP contribution is -2.33. The summed E-state index contributed by atoms with van der Waals surface area (Å²) in [7, 11) is -17.1. The van der Waals surface area contributed by atoms with Gasteiger partial charge in [0.2, 0.25) is 0 Å². The second kappa shape index (κ2) is 10.6. The average molecular weight is 634 g/mol. The average Bonchev–Trinajstić information content (AvgIpc) is 2.99. The van der Waals surface area contributed by atoms with E-state index in [2.05, 4.69) is 23.1 Å².